The van der Waals surface area contributed by atoms with Gasteiger partial charge in [-0.1, -0.05) is 6.07 Å². The normalized spacial score (nSPS) is 19.2. The summed E-state index contributed by atoms with van der Waals surface area (Å²) >= 11 is 0. The summed E-state index contributed by atoms with van der Waals surface area (Å²) in [7, 11) is -3.17. The van der Waals surface area contributed by atoms with Crippen molar-refractivity contribution in [1.29, 1.82) is 0 Å². The summed E-state index contributed by atoms with van der Waals surface area (Å²) in [5, 5.41) is 3.15. The number of anilines is 2. The van der Waals surface area contributed by atoms with Crippen molar-refractivity contribution in [2.24, 2.45) is 0 Å². The molecule has 2 aromatic heterocycles. The Kier molecular flexibility index (Phi) is 4.77. The van der Waals surface area contributed by atoms with Crippen molar-refractivity contribution in [2.45, 2.75) is 25.7 Å². The predicted molar refractivity (Wildman–Crippen MR) is 92.7 cm³/mol. The molecule has 0 bridgehead atoms. The molecule has 7 nitrogen and oxygen atoms in total. The third-order valence-corrected chi connectivity index (χ3v) is 5.34. The van der Waals surface area contributed by atoms with E-state index in [1.165, 1.54) is 10.6 Å². The molecular weight excluding hydrogens is 326 g/mol. The minimum atomic E-state index is -3.17. The van der Waals surface area contributed by atoms with Crippen LogP contribution in [0.3, 0.4) is 0 Å². The molecule has 24 heavy (non-hydrogen) atoms. The van der Waals surface area contributed by atoms with Crippen LogP contribution < -0.4 is 5.32 Å². The minimum absolute atomic E-state index is 0.0631. The van der Waals surface area contributed by atoms with Crippen LogP contribution in [0.5, 0.6) is 0 Å². The van der Waals surface area contributed by atoms with E-state index in [9.17, 15) is 8.42 Å². The molecule has 128 valence electrons. The van der Waals surface area contributed by atoms with Crippen molar-refractivity contribution in [3.63, 3.8) is 0 Å². The molecule has 2 aromatic rings. The summed E-state index contributed by atoms with van der Waals surface area (Å²) in [6, 6.07) is 5.72. The lowest BCUT2D eigenvalue weighted by Crippen LogP contribution is -2.38. The highest BCUT2D eigenvalue weighted by molar-refractivity contribution is 7.88. The number of pyridine rings is 1. The highest BCUT2D eigenvalue weighted by atomic mass is 32.2. The van der Waals surface area contributed by atoms with E-state index in [4.69, 9.17) is 0 Å². The lowest BCUT2D eigenvalue weighted by Gasteiger charge is -2.30. The van der Waals surface area contributed by atoms with Crippen molar-refractivity contribution in [2.75, 3.05) is 24.7 Å². The summed E-state index contributed by atoms with van der Waals surface area (Å²) in [5.74, 6) is 1.39. The smallest absolute Gasteiger partial charge is 0.211 e. The first kappa shape index (κ1) is 16.8. The van der Waals surface area contributed by atoms with Crippen LogP contribution >= 0.6 is 0 Å². The number of piperidine rings is 1. The maximum Gasteiger partial charge on any atom is 0.211 e. The molecule has 1 aliphatic heterocycles. The second-order valence-corrected chi connectivity index (χ2v) is 8.06. The fourth-order valence-electron chi connectivity index (χ4n) is 2.87. The lowest BCUT2D eigenvalue weighted by atomic mass is 9.96. The van der Waals surface area contributed by atoms with Gasteiger partial charge in [-0.15, -0.1) is 0 Å². The first-order valence-corrected chi connectivity index (χ1v) is 9.74. The maximum atomic E-state index is 11.8. The Bertz CT molecular complexity index is 825. The van der Waals surface area contributed by atoms with E-state index in [2.05, 4.69) is 20.3 Å². The molecule has 0 spiro atoms. The van der Waals surface area contributed by atoms with Gasteiger partial charge in [-0.2, -0.15) is 0 Å². The average Bonchev–Trinajstić information content (AvgIpc) is 2.54. The average molecular weight is 347 g/mol. The largest absolute Gasteiger partial charge is 0.324 e. The molecule has 1 saturated heterocycles. The van der Waals surface area contributed by atoms with Crippen molar-refractivity contribution in [1.82, 2.24) is 19.3 Å². The third-order valence-electron chi connectivity index (χ3n) is 4.07. The Morgan fingerprint density at radius 3 is 2.79 bits per heavy atom. The van der Waals surface area contributed by atoms with Crippen LogP contribution in [0.2, 0.25) is 0 Å². The summed E-state index contributed by atoms with van der Waals surface area (Å²) in [6.07, 6.45) is 6.35. The molecule has 1 atom stereocenters. The van der Waals surface area contributed by atoms with Crippen molar-refractivity contribution < 1.29 is 8.42 Å². The highest BCUT2D eigenvalue weighted by Crippen LogP contribution is 2.27. The molecule has 0 aliphatic carbocycles. The number of rotatable bonds is 4. The van der Waals surface area contributed by atoms with Gasteiger partial charge in [0.15, 0.2) is 0 Å². The molecule has 0 unspecified atom stereocenters. The molecular formula is C16H21N5O2S. The zero-order valence-corrected chi connectivity index (χ0v) is 14.6. The van der Waals surface area contributed by atoms with Gasteiger partial charge >= 0.3 is 0 Å². The van der Waals surface area contributed by atoms with Gasteiger partial charge in [0.25, 0.3) is 0 Å². The van der Waals surface area contributed by atoms with Gasteiger partial charge in [0.2, 0.25) is 10.0 Å². The van der Waals surface area contributed by atoms with Crippen LogP contribution in [0, 0.1) is 6.92 Å². The van der Waals surface area contributed by atoms with Crippen LogP contribution in [-0.4, -0.2) is 47.0 Å². The van der Waals surface area contributed by atoms with E-state index in [0.29, 0.717) is 24.7 Å². The molecule has 0 amide bonds. The Hall–Kier alpha value is -2.06. The zero-order chi connectivity index (χ0) is 17.2. The third kappa shape index (κ3) is 4.07. The van der Waals surface area contributed by atoms with Gasteiger partial charge in [0.05, 0.1) is 18.1 Å². The number of sulfonamides is 1. The second-order valence-electron chi connectivity index (χ2n) is 6.08. The van der Waals surface area contributed by atoms with E-state index >= 15 is 0 Å². The van der Waals surface area contributed by atoms with E-state index < -0.39 is 10.0 Å². The highest BCUT2D eigenvalue weighted by Gasteiger charge is 2.27. The van der Waals surface area contributed by atoms with Gasteiger partial charge in [-0.25, -0.2) is 22.7 Å². The minimum Gasteiger partial charge on any atom is -0.324 e. The van der Waals surface area contributed by atoms with Gasteiger partial charge in [0.1, 0.15) is 11.6 Å². The van der Waals surface area contributed by atoms with E-state index in [1.807, 2.05) is 25.1 Å². The van der Waals surface area contributed by atoms with E-state index in [1.54, 1.807) is 12.4 Å². The first-order chi connectivity index (χ1) is 11.4. The molecule has 3 rings (SSSR count). The SMILES string of the molecule is Cc1cccc(Nc2cncc([C@H]3CCCN(S(C)(=O)=O)C3)n2)n1. The van der Waals surface area contributed by atoms with E-state index in [-0.39, 0.29) is 5.92 Å². The second kappa shape index (κ2) is 6.82. The number of aromatic nitrogens is 3. The van der Waals surface area contributed by atoms with Crippen LogP contribution in [0.25, 0.3) is 0 Å². The monoisotopic (exact) mass is 347 g/mol. The topological polar surface area (TPSA) is 88.1 Å². The van der Waals surface area contributed by atoms with Crippen molar-refractivity contribution in [3.8, 4) is 0 Å². The van der Waals surface area contributed by atoms with Crippen LogP contribution in [0.1, 0.15) is 30.1 Å². The van der Waals surface area contributed by atoms with Crippen LogP contribution in [0.4, 0.5) is 11.6 Å². The predicted octanol–water partition coefficient (Wildman–Crippen LogP) is 2.06. The summed E-state index contributed by atoms with van der Waals surface area (Å²) in [5.41, 5.74) is 1.72. The quantitative estimate of drug-likeness (QED) is 0.911. The summed E-state index contributed by atoms with van der Waals surface area (Å²) < 4.78 is 25.1. The van der Waals surface area contributed by atoms with Crippen molar-refractivity contribution >= 4 is 21.7 Å². The fourth-order valence-corrected chi connectivity index (χ4v) is 3.78. The van der Waals surface area contributed by atoms with Gasteiger partial charge < -0.3 is 5.32 Å². The molecule has 8 heteroatoms. The van der Waals surface area contributed by atoms with Crippen LogP contribution in [-0.2, 0) is 10.0 Å². The Morgan fingerprint density at radius 2 is 2.04 bits per heavy atom. The van der Waals surface area contributed by atoms with Crippen molar-refractivity contribution in [3.05, 3.63) is 42.0 Å². The Labute approximate surface area is 142 Å². The summed E-state index contributed by atoms with van der Waals surface area (Å²) in [6.45, 7) is 2.96. The number of hydrogen-bond donors (Lipinski definition) is 1. The molecule has 0 aromatic carbocycles. The molecule has 1 aliphatic rings. The number of nitrogens with zero attached hydrogens (tertiary/aromatic N) is 4. The lowest BCUT2D eigenvalue weighted by molar-refractivity contribution is 0.314. The maximum absolute atomic E-state index is 11.8. The van der Waals surface area contributed by atoms with Gasteiger partial charge in [-0.05, 0) is 31.9 Å². The Morgan fingerprint density at radius 1 is 1.21 bits per heavy atom. The molecule has 0 saturated carbocycles. The molecule has 3 heterocycles. The number of aryl methyl sites for hydroxylation is 1. The first-order valence-electron chi connectivity index (χ1n) is 7.89. The zero-order valence-electron chi connectivity index (χ0n) is 13.8. The Balaban J connectivity index is 1.77. The molecule has 1 N–H and O–H groups in total. The summed E-state index contributed by atoms with van der Waals surface area (Å²) in [4.78, 5) is 13.2. The molecule has 0 radical (unpaired) electrons. The van der Waals surface area contributed by atoms with Gasteiger partial charge in [-0.3, -0.25) is 4.98 Å². The fraction of sp³-hybridized carbons (Fsp3) is 0.438. The number of nitrogens with one attached hydrogen (secondary N) is 1. The van der Waals surface area contributed by atoms with Crippen LogP contribution in [0.15, 0.2) is 30.6 Å². The number of hydrogen-bond acceptors (Lipinski definition) is 6. The van der Waals surface area contributed by atoms with Gasteiger partial charge in [0, 0.05) is 30.9 Å². The van der Waals surface area contributed by atoms with E-state index in [0.717, 1.165) is 24.2 Å². The standard InChI is InChI=1S/C16H21N5O2S/c1-12-5-3-7-15(18-12)20-16-10-17-9-14(19-16)13-6-4-8-21(11-13)24(2,22)23/h3,5,7,9-10,13H,4,6,8,11H2,1-2H3,(H,18,19,20)/t13-/m0/s1. The molecule has 1 fully saturated rings.